The van der Waals surface area contributed by atoms with Gasteiger partial charge in [0.15, 0.2) is 0 Å². The summed E-state index contributed by atoms with van der Waals surface area (Å²) in [7, 11) is 0. The zero-order chi connectivity index (χ0) is 22.2. The summed E-state index contributed by atoms with van der Waals surface area (Å²) in [4.78, 5) is 3.78. The van der Waals surface area contributed by atoms with Gasteiger partial charge >= 0.3 is 0 Å². The third-order valence-electron chi connectivity index (χ3n) is 2.45. The predicted molar refractivity (Wildman–Crippen MR) is 110 cm³/mol. The maximum Gasteiger partial charge on any atom is 0.0465 e. The Morgan fingerprint density at radius 2 is 1.14 bits per heavy atom. The van der Waals surface area contributed by atoms with Crippen LogP contribution in [0.5, 0.6) is 0 Å². The van der Waals surface area contributed by atoms with Gasteiger partial charge in [0.2, 0.25) is 0 Å². The molecule has 1 aromatic heterocycles. The minimum atomic E-state index is 0. The Bertz CT molecular complexity index is 604. The fraction of sp³-hybridized carbons (Fsp3) is 0.294. The van der Waals surface area contributed by atoms with E-state index in [0.29, 0.717) is 0 Å². The van der Waals surface area contributed by atoms with Crippen molar-refractivity contribution < 1.29 is 16.8 Å². The summed E-state index contributed by atoms with van der Waals surface area (Å²) in [6, 6.07) is 9.23. The van der Waals surface area contributed by atoms with E-state index < -0.39 is 0 Å². The molecule has 161 valence electrons. The zero-order valence-electron chi connectivity index (χ0n) is 16.3. The molecule has 0 N–H and O–H groups in total. The number of nitrogens with zero attached hydrogens (tertiary/aromatic N) is 7. The molecule has 0 spiro atoms. The van der Waals surface area contributed by atoms with Gasteiger partial charge in [0.05, 0.1) is 0 Å². The van der Waals surface area contributed by atoms with Crippen molar-refractivity contribution in [2.24, 2.45) is 20.6 Å². The summed E-state index contributed by atoms with van der Waals surface area (Å²) in [5.41, 5.74) is 0.556. The predicted octanol–water partition coefficient (Wildman–Crippen LogP) is 3.51. The molecule has 0 aliphatic rings. The number of pyridine rings is 1. The molecule has 12 heteroatoms. The summed E-state index contributed by atoms with van der Waals surface area (Å²) < 4.78 is 0. The van der Waals surface area contributed by atoms with Gasteiger partial charge in [-0.2, -0.15) is 0 Å². The molecule has 0 saturated heterocycles. The van der Waals surface area contributed by atoms with Crippen LogP contribution in [0.1, 0.15) is 34.1 Å². The standard InChI is InChI=1S/C5H5N.2C4H8N2O2.C4H3N2.Co/c1-2-4-6-5-3-1;2*1-3(5-7)4(2)6-8;5-3-1-2-4-6;/h1-5H;2*7-8H,1-2H3;1H,2H2;/q;;;-1;/p-4. The second-order valence-electron chi connectivity index (χ2n) is 4.43. The first-order valence-electron chi connectivity index (χ1n) is 7.47. The minimum absolute atomic E-state index is 0. The second-order valence-corrected chi connectivity index (χ2v) is 4.43. The second kappa shape index (κ2) is 26.6. The van der Waals surface area contributed by atoms with Crippen LogP contribution in [-0.2, 0) is 16.8 Å². The number of hydrogen-bond donors (Lipinski definition) is 0. The van der Waals surface area contributed by atoms with Crippen molar-refractivity contribution in [1.29, 1.82) is 10.5 Å². The first-order chi connectivity index (χ1) is 13.4. The van der Waals surface area contributed by atoms with E-state index in [1.54, 1.807) is 24.5 Å². The van der Waals surface area contributed by atoms with Crippen molar-refractivity contribution in [3.63, 3.8) is 0 Å². The monoisotopic (exact) mass is 445 g/mol. The van der Waals surface area contributed by atoms with Crippen molar-refractivity contribution in [3.05, 3.63) is 57.8 Å². The molecule has 0 atom stereocenters. The number of unbranched alkanes of at least 4 members (excludes halogenated alkanes) is 1. The first-order valence-corrected chi connectivity index (χ1v) is 7.47. The average Bonchev–Trinajstić information content (AvgIpc) is 2.77. The van der Waals surface area contributed by atoms with Crippen LogP contribution in [0, 0.1) is 49.9 Å². The molecule has 0 aliphatic heterocycles. The van der Waals surface area contributed by atoms with E-state index in [1.807, 2.05) is 18.2 Å². The van der Waals surface area contributed by atoms with Crippen LogP contribution < -0.4 is 0 Å². The third-order valence-corrected chi connectivity index (χ3v) is 2.45. The van der Waals surface area contributed by atoms with Gasteiger partial charge in [0.1, 0.15) is 0 Å². The summed E-state index contributed by atoms with van der Waals surface area (Å²) in [6.07, 6.45) is 4.98. The van der Waals surface area contributed by atoms with Crippen LogP contribution in [0.15, 0.2) is 51.2 Å². The summed E-state index contributed by atoms with van der Waals surface area (Å²) in [5, 5.41) is 63.9. The van der Waals surface area contributed by atoms with Gasteiger partial charge in [-0.25, -0.2) is 10.5 Å². The molecule has 0 fully saturated rings. The van der Waals surface area contributed by atoms with Crippen LogP contribution in [0.25, 0.3) is 0 Å². The van der Waals surface area contributed by atoms with Gasteiger partial charge in [-0.05, 0) is 39.8 Å². The van der Waals surface area contributed by atoms with Crippen molar-refractivity contribution in [1.82, 2.24) is 4.98 Å². The van der Waals surface area contributed by atoms with Crippen molar-refractivity contribution >= 4 is 22.8 Å². The van der Waals surface area contributed by atoms with Crippen LogP contribution in [0.4, 0.5) is 0 Å². The van der Waals surface area contributed by atoms with Crippen LogP contribution in [0.3, 0.4) is 0 Å². The van der Waals surface area contributed by atoms with E-state index in [2.05, 4.69) is 25.6 Å². The van der Waals surface area contributed by atoms with E-state index in [9.17, 15) is 20.8 Å². The average molecular weight is 445 g/mol. The molecule has 11 nitrogen and oxygen atoms in total. The van der Waals surface area contributed by atoms with Gasteiger partial charge in [0.25, 0.3) is 0 Å². The third kappa shape index (κ3) is 26.7. The Hall–Kier alpha value is -3.61. The fourth-order valence-electron chi connectivity index (χ4n) is 0.668. The van der Waals surface area contributed by atoms with E-state index >= 15 is 0 Å². The van der Waals surface area contributed by atoms with Crippen molar-refractivity contribution in [2.45, 2.75) is 34.1 Å². The zero-order valence-corrected chi connectivity index (χ0v) is 17.3. The smallest absolute Gasteiger partial charge is 0.0465 e. The number of rotatable bonds is 3. The van der Waals surface area contributed by atoms with Crippen molar-refractivity contribution in [3.8, 4) is 12.1 Å². The Morgan fingerprint density at radius 1 is 0.793 bits per heavy atom. The van der Waals surface area contributed by atoms with E-state index in [1.165, 1.54) is 34.1 Å². The maximum absolute atomic E-state index is 9.60. The summed E-state index contributed by atoms with van der Waals surface area (Å²) in [5.74, 6) is 0. The Balaban J connectivity index is -0.000000143. The minimum Gasteiger partial charge on any atom is -0.792 e. The Labute approximate surface area is 180 Å². The Morgan fingerprint density at radius 3 is 1.24 bits per heavy atom. The normalized spacial score (nSPS) is 10.6. The molecule has 0 aliphatic carbocycles. The summed E-state index contributed by atoms with van der Waals surface area (Å²) in [6.45, 7) is 5.74. The van der Waals surface area contributed by atoms with Gasteiger partial charge in [-0.15, -0.1) is 6.07 Å². The molecule has 29 heavy (non-hydrogen) atoms. The van der Waals surface area contributed by atoms with Gasteiger partial charge in [-0.1, -0.05) is 12.5 Å². The molecule has 0 aromatic carbocycles. The van der Waals surface area contributed by atoms with Crippen LogP contribution in [0.2, 0.25) is 0 Å². The molecule has 1 radical (unpaired) electrons. The summed E-state index contributed by atoms with van der Waals surface area (Å²) >= 11 is 0. The van der Waals surface area contributed by atoms with Gasteiger partial charge < -0.3 is 41.5 Å². The molecule has 0 saturated carbocycles. The van der Waals surface area contributed by atoms with Crippen molar-refractivity contribution in [2.75, 3.05) is 0 Å². The maximum atomic E-state index is 9.60. The van der Waals surface area contributed by atoms with Crippen LogP contribution >= 0.6 is 0 Å². The van der Waals surface area contributed by atoms with E-state index in [0.717, 1.165) is 0 Å². The van der Waals surface area contributed by atoms with Gasteiger partial charge in [0, 0.05) is 58.1 Å². The fourth-order valence-corrected chi connectivity index (χ4v) is 0.668. The molecule has 1 heterocycles. The molecule has 0 amide bonds. The Kier molecular flexibility index (Phi) is 30.3. The van der Waals surface area contributed by atoms with Gasteiger partial charge in [-0.3, -0.25) is 11.4 Å². The van der Waals surface area contributed by atoms with E-state index in [4.69, 9.17) is 10.5 Å². The molecular formula is C17H20CoN7O4-5. The number of hydrogen-bond acceptors (Lipinski definition) is 11. The first kappa shape index (κ1) is 33.0. The molecule has 0 bridgehead atoms. The number of nitriles is 2. The topological polar surface area (TPSA) is 202 Å². The molecule has 1 aromatic rings. The largest absolute Gasteiger partial charge is 0.792 e. The molecular weight excluding hydrogens is 425 g/mol. The molecule has 0 unspecified atom stereocenters. The van der Waals surface area contributed by atoms with Crippen LogP contribution in [-0.4, -0.2) is 27.8 Å². The van der Waals surface area contributed by atoms with E-state index in [-0.39, 0.29) is 46.0 Å². The SMILES string of the molecule is CC(=N[O-])C(C)=N[O-].CC(=N[O-])C(C)=N[O-].N#C[CH-]CC#N.[Co].c1ccncc1. The molecule has 1 rings (SSSR count). The quantitative estimate of drug-likeness (QED) is 0.293. The number of aromatic nitrogens is 1.